The fraction of sp³-hybridized carbons (Fsp3) is 0.263. The lowest BCUT2D eigenvalue weighted by Gasteiger charge is -2.20. The molecule has 0 saturated heterocycles. The van der Waals surface area contributed by atoms with Gasteiger partial charge in [0, 0.05) is 17.1 Å². The number of nitrogens with one attached hydrogen (secondary N) is 1. The van der Waals surface area contributed by atoms with Gasteiger partial charge in [-0.05, 0) is 47.9 Å². The predicted molar refractivity (Wildman–Crippen MR) is 111 cm³/mol. The number of hydrogen-bond acceptors (Lipinski definition) is 5. The molecule has 1 unspecified atom stereocenters. The number of rotatable bonds is 9. The van der Waals surface area contributed by atoms with Gasteiger partial charge in [0.15, 0.2) is 0 Å². The first-order valence-electron chi connectivity index (χ1n) is 9.02. The van der Waals surface area contributed by atoms with Gasteiger partial charge < -0.3 is 9.05 Å². The summed E-state index contributed by atoms with van der Waals surface area (Å²) in [6.07, 6.45) is -0.231. The van der Waals surface area contributed by atoms with Crippen LogP contribution in [0.4, 0.5) is 13.2 Å². The lowest BCUT2D eigenvalue weighted by molar-refractivity contribution is 0.0551. The van der Waals surface area contributed by atoms with Crippen LogP contribution in [-0.2, 0) is 27.2 Å². The van der Waals surface area contributed by atoms with E-state index in [-0.39, 0.29) is 36.3 Å². The van der Waals surface area contributed by atoms with Crippen molar-refractivity contribution in [3.63, 3.8) is 0 Å². The normalized spacial score (nSPS) is 13.9. The molecule has 0 aliphatic rings. The van der Waals surface area contributed by atoms with Gasteiger partial charge in [-0.15, -0.1) is 0 Å². The van der Waals surface area contributed by atoms with E-state index in [1.807, 2.05) is 0 Å². The smallest absolute Gasteiger partial charge is 0.331 e. The van der Waals surface area contributed by atoms with E-state index >= 15 is 0 Å². The Morgan fingerprint density at radius 1 is 1.26 bits per heavy atom. The molecule has 3 rings (SSSR count). The molecule has 166 valence electrons. The topological polar surface area (TPSA) is 77.2 Å². The third-order valence-corrected chi connectivity index (χ3v) is 6.58. The van der Waals surface area contributed by atoms with Gasteiger partial charge in [-0.25, -0.2) is 9.48 Å². The Morgan fingerprint density at radius 2 is 2.03 bits per heavy atom. The summed E-state index contributed by atoms with van der Waals surface area (Å²) in [7, 11) is -3.45. The van der Waals surface area contributed by atoms with Crippen molar-refractivity contribution in [1.29, 1.82) is 0 Å². The van der Waals surface area contributed by atoms with E-state index in [1.165, 1.54) is 12.1 Å². The van der Waals surface area contributed by atoms with Crippen molar-refractivity contribution in [2.45, 2.75) is 25.0 Å². The summed E-state index contributed by atoms with van der Waals surface area (Å²) >= 11 is 10.8. The minimum Gasteiger partial charge on any atom is -0.331 e. The summed E-state index contributed by atoms with van der Waals surface area (Å²) in [4.78, 5) is 3.47. The maximum absolute atomic E-state index is 14.7. The van der Waals surface area contributed by atoms with E-state index in [1.54, 1.807) is 31.2 Å². The average Bonchev–Trinajstić information content (AvgIpc) is 3.19. The van der Waals surface area contributed by atoms with Gasteiger partial charge in [0.25, 0.3) is 7.52 Å². The number of benzene rings is 2. The molecule has 0 aliphatic heterocycles. The Hall–Kier alpha value is -1.90. The van der Waals surface area contributed by atoms with Crippen LogP contribution in [0.2, 0.25) is 5.02 Å². The van der Waals surface area contributed by atoms with Gasteiger partial charge in [-0.3, -0.25) is 4.57 Å². The summed E-state index contributed by atoms with van der Waals surface area (Å²) in [5.41, 5.74) is 0.980. The molecule has 31 heavy (non-hydrogen) atoms. The second-order valence-electron chi connectivity index (χ2n) is 6.44. The van der Waals surface area contributed by atoms with Gasteiger partial charge in [-0.1, -0.05) is 41.0 Å². The van der Waals surface area contributed by atoms with Gasteiger partial charge >= 0.3 is 11.3 Å². The van der Waals surface area contributed by atoms with Crippen LogP contribution in [0.3, 0.4) is 0 Å². The Kier molecular flexibility index (Phi) is 7.44. The fourth-order valence-corrected chi connectivity index (χ4v) is 4.84. The van der Waals surface area contributed by atoms with Crippen molar-refractivity contribution >= 4 is 30.7 Å². The quantitative estimate of drug-likeness (QED) is 0.277. The first kappa shape index (κ1) is 23.8. The minimum atomic E-state index is -3.83. The van der Waals surface area contributed by atoms with Crippen molar-refractivity contribution in [3.8, 4) is 11.4 Å². The van der Waals surface area contributed by atoms with Crippen LogP contribution < -0.4 is 5.09 Å². The molecule has 1 aromatic heterocycles. The second kappa shape index (κ2) is 9.71. The predicted octanol–water partition coefficient (Wildman–Crippen LogP) is 6.34. The zero-order chi connectivity index (χ0) is 22.6. The molecule has 0 amide bonds. The number of nitrogens with zero attached hydrogens (tertiary/aromatic N) is 2. The van der Waals surface area contributed by atoms with E-state index in [2.05, 4.69) is 19.8 Å². The summed E-state index contributed by atoms with van der Waals surface area (Å²) < 4.78 is 63.8. The van der Waals surface area contributed by atoms with Crippen molar-refractivity contribution in [2.75, 3.05) is 6.61 Å². The van der Waals surface area contributed by atoms with Crippen LogP contribution in [0, 0.1) is 5.82 Å². The number of halogens is 5. The summed E-state index contributed by atoms with van der Waals surface area (Å²) in [6.45, 7) is 2.03. The second-order valence-corrected chi connectivity index (χ2v) is 9.59. The Morgan fingerprint density at radius 3 is 2.65 bits per heavy atom. The van der Waals surface area contributed by atoms with E-state index in [0.717, 1.165) is 11.6 Å². The van der Waals surface area contributed by atoms with E-state index in [9.17, 15) is 17.7 Å². The van der Waals surface area contributed by atoms with Gasteiger partial charge in [0.05, 0.1) is 12.8 Å². The van der Waals surface area contributed by atoms with Crippen molar-refractivity contribution < 1.29 is 26.8 Å². The molecule has 0 bridgehead atoms. The molecule has 1 atom stereocenters. The third kappa shape index (κ3) is 6.30. The monoisotopic (exact) mass is 493 g/mol. The summed E-state index contributed by atoms with van der Waals surface area (Å²) in [5, 5.41) is 2.93. The largest absolute Gasteiger partial charge is 0.400 e. The number of alkyl halides is 3. The van der Waals surface area contributed by atoms with Crippen molar-refractivity contribution in [1.82, 2.24) is 15.2 Å². The third-order valence-electron chi connectivity index (χ3n) is 4.11. The van der Waals surface area contributed by atoms with E-state index in [0.29, 0.717) is 5.02 Å². The molecule has 1 N–H and O–H groups in total. The van der Waals surface area contributed by atoms with Crippen molar-refractivity contribution in [3.05, 3.63) is 70.3 Å². The SMILES string of the molecule is CCOP(=O)(Cc1ccc(-c2noc(C(F)(F)Cl)n2)cc1F)NCc1cccc(Cl)c1. The van der Waals surface area contributed by atoms with Crippen LogP contribution in [0.1, 0.15) is 23.9 Å². The van der Waals surface area contributed by atoms with Crippen LogP contribution in [-0.4, -0.2) is 16.7 Å². The standard InChI is InChI=1S/C19H17Cl2F3N3O3P/c1-2-29-31(28,25-10-12-4-3-5-15(20)8-12)11-14-7-6-13(9-16(14)22)17-26-18(30-27-17)19(21,23)24/h3-9H,2,10-11H2,1H3,(H,25,28). The Labute approximate surface area is 186 Å². The molecule has 6 nitrogen and oxygen atoms in total. The molecule has 2 aromatic carbocycles. The van der Waals surface area contributed by atoms with Gasteiger partial charge in [0.2, 0.25) is 5.82 Å². The molecule has 0 spiro atoms. The number of hydrogen-bond donors (Lipinski definition) is 1. The fourth-order valence-electron chi connectivity index (χ4n) is 2.71. The summed E-state index contributed by atoms with van der Waals surface area (Å²) in [5.74, 6) is -2.08. The molecule has 1 heterocycles. The lowest BCUT2D eigenvalue weighted by Crippen LogP contribution is -2.14. The molecule has 12 heteroatoms. The van der Waals surface area contributed by atoms with Crippen LogP contribution in [0.5, 0.6) is 0 Å². The average molecular weight is 494 g/mol. The zero-order valence-corrected chi connectivity index (χ0v) is 18.5. The van der Waals surface area contributed by atoms with E-state index in [4.69, 9.17) is 27.7 Å². The Balaban J connectivity index is 1.77. The molecule has 0 fully saturated rings. The van der Waals surface area contributed by atoms with Gasteiger partial charge in [0.1, 0.15) is 5.82 Å². The van der Waals surface area contributed by atoms with E-state index < -0.39 is 24.6 Å². The van der Waals surface area contributed by atoms with Crippen molar-refractivity contribution in [2.24, 2.45) is 0 Å². The highest BCUT2D eigenvalue weighted by atomic mass is 35.5. The number of aromatic nitrogens is 2. The highest BCUT2D eigenvalue weighted by Gasteiger charge is 2.36. The van der Waals surface area contributed by atoms with Gasteiger partial charge in [-0.2, -0.15) is 13.8 Å². The van der Waals surface area contributed by atoms with Crippen LogP contribution in [0.15, 0.2) is 47.0 Å². The highest BCUT2D eigenvalue weighted by molar-refractivity contribution is 7.56. The molecular formula is C19H17Cl2F3N3O3P. The molecule has 0 radical (unpaired) electrons. The maximum atomic E-state index is 14.7. The first-order chi connectivity index (χ1) is 14.6. The Bertz CT molecular complexity index is 1110. The van der Waals surface area contributed by atoms with Crippen LogP contribution in [0.25, 0.3) is 11.4 Å². The summed E-state index contributed by atoms with van der Waals surface area (Å²) in [6, 6.07) is 10.8. The molecule has 3 aromatic rings. The minimum absolute atomic E-state index is 0.0929. The molecule has 0 saturated carbocycles. The first-order valence-corrected chi connectivity index (χ1v) is 11.6. The highest BCUT2D eigenvalue weighted by Crippen LogP contribution is 2.47. The lowest BCUT2D eigenvalue weighted by atomic mass is 10.1. The maximum Gasteiger partial charge on any atom is 0.400 e. The molecule has 0 aliphatic carbocycles. The molecular weight excluding hydrogens is 477 g/mol. The van der Waals surface area contributed by atoms with Crippen LogP contribution >= 0.6 is 30.7 Å². The zero-order valence-electron chi connectivity index (χ0n) is 16.1.